The molecule has 5 aromatic carbocycles. The number of benzene rings is 5. The Labute approximate surface area is 327 Å². The molecule has 0 bridgehead atoms. The third-order valence-electron chi connectivity index (χ3n) is 9.60. The largest absolute Gasteiger partial charge is 0.457 e. The van der Waals surface area contributed by atoms with Crippen LogP contribution in [0.2, 0.25) is 10.0 Å². The van der Waals surface area contributed by atoms with E-state index in [9.17, 15) is 18.0 Å². The summed E-state index contributed by atoms with van der Waals surface area (Å²) in [5.74, 6) is 0.180. The average molecular weight is 785 g/mol. The number of hydrogen-bond acceptors (Lipinski definition) is 5. The van der Waals surface area contributed by atoms with E-state index < -0.39 is 28.5 Å². The molecule has 0 heterocycles. The molecule has 1 aliphatic carbocycles. The van der Waals surface area contributed by atoms with Gasteiger partial charge in [0.1, 0.15) is 24.1 Å². The van der Waals surface area contributed by atoms with Crippen LogP contribution < -0.4 is 14.4 Å². The lowest BCUT2D eigenvalue weighted by Gasteiger charge is -2.35. The van der Waals surface area contributed by atoms with Crippen LogP contribution in [-0.4, -0.2) is 43.8 Å². The fraction of sp³-hybridized carbons (Fsp3) is 0.256. The van der Waals surface area contributed by atoms with Crippen LogP contribution in [0.5, 0.6) is 11.5 Å². The van der Waals surface area contributed by atoms with E-state index >= 15 is 0 Å². The summed E-state index contributed by atoms with van der Waals surface area (Å²) in [4.78, 5) is 30.8. The second-order valence-electron chi connectivity index (χ2n) is 13.5. The fourth-order valence-corrected chi connectivity index (χ4v) is 8.55. The van der Waals surface area contributed by atoms with Gasteiger partial charge in [-0.15, -0.1) is 0 Å². The van der Waals surface area contributed by atoms with Gasteiger partial charge in [-0.3, -0.25) is 13.9 Å². The van der Waals surface area contributed by atoms with Gasteiger partial charge in [-0.05, 0) is 86.0 Å². The van der Waals surface area contributed by atoms with Gasteiger partial charge in [0.15, 0.2) is 0 Å². The number of nitrogens with one attached hydrogen (secondary N) is 1. The van der Waals surface area contributed by atoms with E-state index in [2.05, 4.69) is 5.32 Å². The number of nitrogens with zero attached hydrogens (tertiary/aromatic N) is 2. The van der Waals surface area contributed by atoms with E-state index in [1.165, 1.54) is 17.0 Å². The van der Waals surface area contributed by atoms with Crippen LogP contribution in [0.25, 0.3) is 0 Å². The summed E-state index contributed by atoms with van der Waals surface area (Å²) >= 11 is 13.4. The van der Waals surface area contributed by atoms with Crippen molar-refractivity contribution in [1.29, 1.82) is 0 Å². The van der Waals surface area contributed by atoms with E-state index in [1.54, 1.807) is 54.6 Å². The Kier molecular flexibility index (Phi) is 13.0. The Hall–Kier alpha value is -4.83. The first-order valence-corrected chi connectivity index (χ1v) is 20.3. The summed E-state index contributed by atoms with van der Waals surface area (Å²) < 4.78 is 36.1. The van der Waals surface area contributed by atoms with Crippen LogP contribution >= 0.6 is 23.2 Å². The van der Waals surface area contributed by atoms with Crippen molar-refractivity contribution in [3.63, 3.8) is 0 Å². The highest BCUT2D eigenvalue weighted by molar-refractivity contribution is 7.92. The number of carbonyl (C=O) groups is 2. The second kappa shape index (κ2) is 18.0. The van der Waals surface area contributed by atoms with Crippen LogP contribution in [0.1, 0.15) is 48.8 Å². The highest BCUT2D eigenvalue weighted by atomic mass is 35.5. The molecule has 11 heteroatoms. The Morgan fingerprint density at radius 1 is 0.759 bits per heavy atom. The zero-order chi connectivity index (χ0) is 38.1. The highest BCUT2D eigenvalue weighted by Crippen LogP contribution is 2.31. The van der Waals surface area contributed by atoms with Gasteiger partial charge in [0, 0.05) is 34.6 Å². The molecule has 0 aromatic heterocycles. The van der Waals surface area contributed by atoms with Crippen molar-refractivity contribution in [2.24, 2.45) is 0 Å². The first-order chi connectivity index (χ1) is 26.1. The zero-order valence-corrected chi connectivity index (χ0v) is 32.4. The maximum Gasteiger partial charge on any atom is 0.264 e. The van der Waals surface area contributed by atoms with E-state index in [4.69, 9.17) is 27.9 Å². The quantitative estimate of drug-likeness (QED) is 0.121. The van der Waals surface area contributed by atoms with E-state index in [-0.39, 0.29) is 35.5 Å². The Bertz CT molecular complexity index is 2110. The molecule has 280 valence electrons. The third-order valence-corrected chi connectivity index (χ3v) is 12.1. The van der Waals surface area contributed by atoms with Gasteiger partial charge < -0.3 is 15.0 Å². The van der Waals surface area contributed by atoms with Crippen molar-refractivity contribution in [3.05, 3.63) is 154 Å². The lowest BCUT2D eigenvalue weighted by atomic mass is 9.94. The van der Waals surface area contributed by atoms with Gasteiger partial charge in [-0.1, -0.05) is 115 Å². The zero-order valence-electron chi connectivity index (χ0n) is 30.0. The number of rotatable bonds is 14. The molecule has 1 fully saturated rings. The predicted molar refractivity (Wildman–Crippen MR) is 215 cm³/mol. The minimum atomic E-state index is -4.30. The van der Waals surface area contributed by atoms with E-state index in [0.717, 1.165) is 47.5 Å². The number of aryl methyl sites for hydroxylation is 1. The summed E-state index contributed by atoms with van der Waals surface area (Å²) in [6, 6.07) is 35.7. The number of hydrogen-bond donors (Lipinski definition) is 1. The molecule has 1 N–H and O–H groups in total. The molecule has 54 heavy (non-hydrogen) atoms. The Morgan fingerprint density at radius 2 is 1.35 bits per heavy atom. The highest BCUT2D eigenvalue weighted by Gasteiger charge is 2.36. The van der Waals surface area contributed by atoms with Crippen molar-refractivity contribution in [3.8, 4) is 11.5 Å². The lowest BCUT2D eigenvalue weighted by molar-refractivity contribution is -0.140. The number of amides is 2. The Balaban J connectivity index is 1.41. The van der Waals surface area contributed by atoms with Crippen LogP contribution in [0.4, 0.5) is 5.69 Å². The Morgan fingerprint density at radius 3 is 1.98 bits per heavy atom. The second-order valence-corrected chi connectivity index (χ2v) is 16.2. The smallest absolute Gasteiger partial charge is 0.264 e. The van der Waals surface area contributed by atoms with Gasteiger partial charge in [0.25, 0.3) is 10.0 Å². The normalized spacial score (nSPS) is 13.8. The number of halogens is 2. The number of para-hydroxylation sites is 1. The minimum Gasteiger partial charge on any atom is -0.457 e. The maximum absolute atomic E-state index is 15.0. The van der Waals surface area contributed by atoms with Crippen molar-refractivity contribution < 1.29 is 22.7 Å². The number of sulfonamides is 1. The molecule has 5 aromatic rings. The minimum absolute atomic E-state index is 0.0158. The first-order valence-electron chi connectivity index (χ1n) is 18.1. The number of carbonyl (C=O) groups excluding carboxylic acids is 2. The molecule has 1 saturated carbocycles. The van der Waals surface area contributed by atoms with Gasteiger partial charge in [0.2, 0.25) is 11.8 Å². The summed E-state index contributed by atoms with van der Waals surface area (Å²) in [5.41, 5.74) is 2.41. The SMILES string of the molecule is Cc1ccc(S(=O)(=O)N(CC(=O)N(Cc2c(Cl)cccc2Cl)[C@@H](Cc2ccccc2)C(=O)NC2CCCCC2)c2ccc(Oc3ccccc3)cc2)cc1. The number of anilines is 1. The molecule has 1 atom stereocenters. The van der Waals surface area contributed by atoms with Gasteiger partial charge in [-0.25, -0.2) is 8.42 Å². The first kappa shape index (κ1) is 38.9. The molecular weight excluding hydrogens is 741 g/mol. The molecule has 6 rings (SSSR count). The lowest BCUT2D eigenvalue weighted by Crippen LogP contribution is -2.55. The molecular formula is C43H43Cl2N3O5S. The van der Waals surface area contributed by atoms with E-state index in [1.807, 2.05) is 67.6 Å². The molecule has 2 amide bonds. The van der Waals surface area contributed by atoms with Gasteiger partial charge >= 0.3 is 0 Å². The van der Waals surface area contributed by atoms with Crippen LogP contribution in [0.15, 0.2) is 132 Å². The van der Waals surface area contributed by atoms with Gasteiger partial charge in [-0.2, -0.15) is 0 Å². The molecule has 0 radical (unpaired) electrons. The van der Waals surface area contributed by atoms with Crippen molar-refractivity contribution in [2.45, 2.75) is 69.0 Å². The van der Waals surface area contributed by atoms with Crippen molar-refractivity contribution in [1.82, 2.24) is 10.2 Å². The van der Waals surface area contributed by atoms with Gasteiger partial charge in [0.05, 0.1) is 10.6 Å². The van der Waals surface area contributed by atoms with Crippen molar-refractivity contribution >= 4 is 50.7 Å². The molecule has 0 spiro atoms. The monoisotopic (exact) mass is 783 g/mol. The molecule has 0 aliphatic heterocycles. The number of ether oxygens (including phenoxy) is 1. The molecule has 8 nitrogen and oxygen atoms in total. The molecule has 1 aliphatic rings. The maximum atomic E-state index is 15.0. The predicted octanol–water partition coefficient (Wildman–Crippen LogP) is 9.38. The fourth-order valence-electron chi connectivity index (χ4n) is 6.62. The van der Waals surface area contributed by atoms with E-state index in [0.29, 0.717) is 27.1 Å². The standard InChI is InChI=1S/C43H43Cl2N3O5S/c1-31-20-26-37(27-21-31)54(51,52)48(34-22-24-36(25-23-34)53-35-16-9-4-10-17-35)30-42(49)47(29-38-39(44)18-11-19-40(38)45)41(28-32-12-5-2-6-13-32)43(50)46-33-14-7-3-8-15-33/h2,4-6,9-13,16-27,33,41H,3,7-8,14-15,28-30H2,1H3,(H,46,50)/t41-/m0/s1. The van der Waals surface area contributed by atoms with Crippen LogP contribution in [0.3, 0.4) is 0 Å². The van der Waals surface area contributed by atoms with Crippen LogP contribution in [0, 0.1) is 6.92 Å². The molecule has 0 saturated heterocycles. The molecule has 0 unspecified atom stereocenters. The van der Waals surface area contributed by atoms with Crippen LogP contribution in [-0.2, 0) is 32.6 Å². The summed E-state index contributed by atoms with van der Waals surface area (Å²) in [6.45, 7) is 1.13. The average Bonchev–Trinajstić information content (AvgIpc) is 3.18. The van der Waals surface area contributed by atoms with Crippen molar-refractivity contribution in [2.75, 3.05) is 10.8 Å². The summed E-state index contributed by atoms with van der Waals surface area (Å²) in [6.07, 6.45) is 5.01. The third kappa shape index (κ3) is 9.82. The summed E-state index contributed by atoms with van der Waals surface area (Å²) in [5, 5.41) is 3.86. The summed E-state index contributed by atoms with van der Waals surface area (Å²) in [7, 11) is -4.30. The topological polar surface area (TPSA) is 96.0 Å².